The molecule has 1 saturated carbocycles. The maximum atomic E-state index is 11.4. The second-order valence-corrected chi connectivity index (χ2v) is 6.56. The van der Waals surface area contributed by atoms with E-state index in [1.165, 1.54) is 31.2 Å². The Kier molecular flexibility index (Phi) is 4.59. The van der Waals surface area contributed by atoms with Gasteiger partial charge in [0.2, 0.25) is 0 Å². The van der Waals surface area contributed by atoms with E-state index in [9.17, 15) is 4.79 Å². The van der Waals surface area contributed by atoms with Gasteiger partial charge in [-0.1, -0.05) is 43.2 Å². The van der Waals surface area contributed by atoms with E-state index in [0.717, 1.165) is 19.6 Å². The first kappa shape index (κ1) is 14.6. The van der Waals surface area contributed by atoms with Crippen LogP contribution in [0.25, 0.3) is 0 Å². The fourth-order valence-electron chi connectivity index (χ4n) is 4.01. The molecule has 3 heteroatoms. The Morgan fingerprint density at radius 2 is 1.76 bits per heavy atom. The number of likely N-dealkylation sites (tertiary alicyclic amines) is 1. The lowest BCUT2D eigenvalue weighted by Crippen LogP contribution is -2.49. The van der Waals surface area contributed by atoms with Crippen molar-refractivity contribution in [1.29, 1.82) is 0 Å². The third-order valence-electron chi connectivity index (χ3n) is 4.87. The van der Waals surface area contributed by atoms with Crippen molar-refractivity contribution in [3.05, 3.63) is 35.9 Å². The van der Waals surface area contributed by atoms with Crippen LogP contribution in [0.3, 0.4) is 0 Å². The Labute approximate surface area is 127 Å². The molecule has 114 valence electrons. The number of carbonyl (C=O) groups is 1. The van der Waals surface area contributed by atoms with Gasteiger partial charge in [0, 0.05) is 38.4 Å². The van der Waals surface area contributed by atoms with E-state index >= 15 is 0 Å². The summed E-state index contributed by atoms with van der Waals surface area (Å²) in [6.45, 7) is 4.68. The number of piperidine rings is 1. The van der Waals surface area contributed by atoms with E-state index in [4.69, 9.17) is 4.74 Å². The summed E-state index contributed by atoms with van der Waals surface area (Å²) in [6, 6.07) is 10.7. The smallest absolute Gasteiger partial charge is 0.302 e. The summed E-state index contributed by atoms with van der Waals surface area (Å²) in [5.74, 6) is 0.908. The fourth-order valence-corrected chi connectivity index (χ4v) is 4.01. The van der Waals surface area contributed by atoms with Crippen LogP contribution < -0.4 is 0 Å². The van der Waals surface area contributed by atoms with Gasteiger partial charge in [-0.2, -0.15) is 0 Å². The molecule has 1 aliphatic heterocycles. The average molecular weight is 287 g/mol. The molecule has 1 saturated heterocycles. The minimum absolute atomic E-state index is 0.117. The molecule has 1 aromatic rings. The molecule has 3 nitrogen and oxygen atoms in total. The second kappa shape index (κ2) is 6.61. The van der Waals surface area contributed by atoms with Gasteiger partial charge in [-0.05, 0) is 18.4 Å². The van der Waals surface area contributed by atoms with Crippen LogP contribution in [-0.4, -0.2) is 30.1 Å². The lowest BCUT2D eigenvalue weighted by molar-refractivity contribution is -0.157. The fraction of sp³-hybridized carbons (Fsp3) is 0.611. The Hall–Kier alpha value is -1.35. The van der Waals surface area contributed by atoms with Crippen molar-refractivity contribution in [3.8, 4) is 0 Å². The van der Waals surface area contributed by atoms with Crippen molar-refractivity contribution in [2.24, 2.45) is 11.8 Å². The zero-order valence-corrected chi connectivity index (χ0v) is 12.8. The number of benzene rings is 1. The largest absolute Gasteiger partial charge is 0.462 e. The van der Waals surface area contributed by atoms with Gasteiger partial charge in [0.1, 0.15) is 6.10 Å². The Morgan fingerprint density at radius 3 is 2.33 bits per heavy atom. The predicted octanol–water partition coefficient (Wildman–Crippen LogP) is 3.24. The zero-order valence-electron chi connectivity index (χ0n) is 12.8. The highest BCUT2D eigenvalue weighted by molar-refractivity contribution is 5.66. The molecule has 3 rings (SSSR count). The van der Waals surface area contributed by atoms with Crippen molar-refractivity contribution in [2.45, 2.75) is 45.3 Å². The van der Waals surface area contributed by atoms with Crippen molar-refractivity contribution in [2.75, 3.05) is 13.1 Å². The summed E-state index contributed by atoms with van der Waals surface area (Å²) in [6.07, 6.45) is 5.09. The van der Waals surface area contributed by atoms with Crippen LogP contribution in [0.4, 0.5) is 0 Å². The van der Waals surface area contributed by atoms with Crippen LogP contribution in [0, 0.1) is 11.8 Å². The Bertz CT molecular complexity index is 457. The quantitative estimate of drug-likeness (QED) is 0.799. The van der Waals surface area contributed by atoms with Crippen LogP contribution in [-0.2, 0) is 16.1 Å². The molecule has 0 aromatic heterocycles. The van der Waals surface area contributed by atoms with Crippen molar-refractivity contribution >= 4 is 5.97 Å². The molecular formula is C18H25NO2. The maximum absolute atomic E-state index is 11.4. The molecule has 1 unspecified atom stereocenters. The third-order valence-corrected chi connectivity index (χ3v) is 4.87. The number of esters is 1. The standard InChI is InChI=1S/C18H25NO2/c1-14(20)21-18-16-9-5-6-10-17(18)13-19(12-16)11-15-7-3-2-4-8-15/h2-4,7-8,16-18H,5-6,9-13H2,1H3/t16-,17+,18?. The van der Waals surface area contributed by atoms with E-state index in [1.54, 1.807) is 6.92 Å². The topological polar surface area (TPSA) is 29.5 Å². The van der Waals surface area contributed by atoms with Gasteiger partial charge in [0.25, 0.3) is 0 Å². The molecule has 1 aromatic carbocycles. The van der Waals surface area contributed by atoms with Crippen LogP contribution in [0.2, 0.25) is 0 Å². The van der Waals surface area contributed by atoms with Crippen molar-refractivity contribution < 1.29 is 9.53 Å². The van der Waals surface area contributed by atoms with Crippen molar-refractivity contribution in [1.82, 2.24) is 4.90 Å². The number of carbonyl (C=O) groups excluding carboxylic acids is 1. The van der Waals surface area contributed by atoms with Gasteiger partial charge in [-0.25, -0.2) is 0 Å². The van der Waals surface area contributed by atoms with Gasteiger partial charge < -0.3 is 4.74 Å². The molecule has 0 radical (unpaired) electrons. The molecule has 3 atom stereocenters. The van der Waals surface area contributed by atoms with E-state index < -0.39 is 0 Å². The molecule has 2 bridgehead atoms. The average Bonchev–Trinajstić information content (AvgIpc) is 2.57. The van der Waals surface area contributed by atoms with E-state index in [0.29, 0.717) is 11.8 Å². The van der Waals surface area contributed by atoms with Crippen LogP contribution in [0.5, 0.6) is 0 Å². The Balaban J connectivity index is 1.69. The van der Waals surface area contributed by atoms with Gasteiger partial charge in [0.15, 0.2) is 0 Å². The van der Waals surface area contributed by atoms with Gasteiger partial charge in [-0.3, -0.25) is 9.69 Å². The molecule has 1 aliphatic carbocycles. The highest BCUT2D eigenvalue weighted by Crippen LogP contribution is 2.36. The van der Waals surface area contributed by atoms with Crippen molar-refractivity contribution in [3.63, 3.8) is 0 Å². The number of hydrogen-bond donors (Lipinski definition) is 0. The van der Waals surface area contributed by atoms with Crippen LogP contribution >= 0.6 is 0 Å². The highest BCUT2D eigenvalue weighted by atomic mass is 16.5. The van der Waals surface area contributed by atoms with Crippen LogP contribution in [0.15, 0.2) is 30.3 Å². The number of ether oxygens (including phenoxy) is 1. The molecule has 21 heavy (non-hydrogen) atoms. The van der Waals surface area contributed by atoms with Crippen LogP contribution in [0.1, 0.15) is 38.2 Å². The second-order valence-electron chi connectivity index (χ2n) is 6.56. The number of nitrogens with zero attached hydrogens (tertiary/aromatic N) is 1. The third kappa shape index (κ3) is 3.65. The normalized spacial score (nSPS) is 29.7. The lowest BCUT2D eigenvalue weighted by atomic mass is 9.84. The van der Waals surface area contributed by atoms with Gasteiger partial charge in [0.05, 0.1) is 0 Å². The maximum Gasteiger partial charge on any atom is 0.302 e. The monoisotopic (exact) mass is 287 g/mol. The summed E-state index contributed by atoms with van der Waals surface area (Å²) in [5.41, 5.74) is 1.38. The summed E-state index contributed by atoms with van der Waals surface area (Å²) >= 11 is 0. The first-order chi connectivity index (χ1) is 10.2. The summed E-state index contributed by atoms with van der Waals surface area (Å²) in [7, 11) is 0. The molecule has 0 amide bonds. The summed E-state index contributed by atoms with van der Waals surface area (Å²) < 4.78 is 5.67. The number of fused-ring (bicyclic) bond motifs is 2. The SMILES string of the molecule is CC(=O)OC1[C@@H]2CCCC[C@H]1CN(Cc1ccccc1)C2. The van der Waals surface area contributed by atoms with E-state index in [-0.39, 0.29) is 12.1 Å². The minimum atomic E-state index is -0.117. The first-order valence-corrected chi connectivity index (χ1v) is 8.16. The molecular weight excluding hydrogens is 262 g/mol. The molecule has 0 N–H and O–H groups in total. The number of rotatable bonds is 3. The summed E-state index contributed by atoms with van der Waals surface area (Å²) in [4.78, 5) is 13.9. The van der Waals surface area contributed by atoms with E-state index in [1.807, 2.05) is 0 Å². The molecule has 2 aliphatic rings. The van der Waals surface area contributed by atoms with Gasteiger partial charge in [-0.15, -0.1) is 0 Å². The van der Waals surface area contributed by atoms with Gasteiger partial charge >= 0.3 is 5.97 Å². The lowest BCUT2D eigenvalue weighted by Gasteiger charge is -2.42. The molecule has 1 heterocycles. The Morgan fingerprint density at radius 1 is 1.14 bits per heavy atom. The summed E-state index contributed by atoms with van der Waals surface area (Å²) in [5, 5.41) is 0. The van der Waals surface area contributed by atoms with E-state index in [2.05, 4.69) is 35.2 Å². The predicted molar refractivity (Wildman–Crippen MR) is 82.7 cm³/mol. The first-order valence-electron chi connectivity index (χ1n) is 8.16. The molecule has 2 fully saturated rings. The minimum Gasteiger partial charge on any atom is -0.462 e. The molecule has 0 spiro atoms. The number of hydrogen-bond acceptors (Lipinski definition) is 3. The highest BCUT2D eigenvalue weighted by Gasteiger charge is 2.39. The zero-order chi connectivity index (χ0) is 14.7.